The molecule has 3 N–H and O–H groups in total. The molecule has 0 atom stereocenters. The lowest BCUT2D eigenvalue weighted by atomic mass is 10.2. The van der Waals surface area contributed by atoms with Crippen LogP contribution in [0.15, 0.2) is 39.5 Å². The van der Waals surface area contributed by atoms with E-state index in [1.54, 1.807) is 6.07 Å². The molecule has 0 spiro atoms. The van der Waals surface area contributed by atoms with Gasteiger partial charge in [-0.2, -0.15) is 0 Å². The number of anilines is 1. The van der Waals surface area contributed by atoms with E-state index in [9.17, 15) is 4.79 Å². The summed E-state index contributed by atoms with van der Waals surface area (Å²) in [7, 11) is 0. The van der Waals surface area contributed by atoms with Crippen molar-refractivity contribution in [2.45, 2.75) is 0 Å². The summed E-state index contributed by atoms with van der Waals surface area (Å²) in [5, 5.41) is 3.99. The first-order chi connectivity index (χ1) is 7.31. The summed E-state index contributed by atoms with van der Waals surface area (Å²) in [6.45, 7) is 1.15. The van der Waals surface area contributed by atoms with Crippen LogP contribution in [0, 0.1) is 0 Å². The van der Waals surface area contributed by atoms with Crippen LogP contribution in [0.2, 0.25) is 0 Å². The number of fused-ring (bicyclic) bond motifs is 1. The van der Waals surface area contributed by atoms with Gasteiger partial charge in [0.05, 0.1) is 5.69 Å². The molecule has 0 aliphatic rings. The van der Waals surface area contributed by atoms with Gasteiger partial charge >= 0.3 is 5.63 Å². The van der Waals surface area contributed by atoms with Crippen LogP contribution in [-0.4, -0.2) is 13.1 Å². The zero-order chi connectivity index (χ0) is 10.7. The van der Waals surface area contributed by atoms with Crippen LogP contribution in [0.3, 0.4) is 0 Å². The Morgan fingerprint density at radius 3 is 2.93 bits per heavy atom. The molecule has 1 aromatic heterocycles. The first kappa shape index (κ1) is 9.73. The lowest BCUT2D eigenvalue weighted by Crippen LogP contribution is -2.14. The smallest absolute Gasteiger partial charge is 0.338 e. The van der Waals surface area contributed by atoms with Crippen LogP contribution in [0.4, 0.5) is 5.69 Å². The second-order valence-corrected chi connectivity index (χ2v) is 3.19. The molecule has 0 aliphatic heterocycles. The number of hydrogen-bond acceptors (Lipinski definition) is 4. The Bertz CT molecular complexity index is 519. The SMILES string of the molecule is NCCNc1cc(=O)oc2ccccc12. The summed E-state index contributed by atoms with van der Waals surface area (Å²) in [5.74, 6) is 0. The Morgan fingerprint density at radius 2 is 2.13 bits per heavy atom. The molecule has 2 aromatic rings. The van der Waals surface area contributed by atoms with Crippen molar-refractivity contribution >= 4 is 16.7 Å². The van der Waals surface area contributed by atoms with E-state index < -0.39 is 0 Å². The molecule has 0 saturated carbocycles. The zero-order valence-corrected chi connectivity index (χ0v) is 8.19. The van der Waals surface area contributed by atoms with Crippen molar-refractivity contribution in [3.8, 4) is 0 Å². The van der Waals surface area contributed by atoms with Crippen LogP contribution in [0.25, 0.3) is 11.0 Å². The molecular weight excluding hydrogens is 192 g/mol. The van der Waals surface area contributed by atoms with Crippen LogP contribution in [0.1, 0.15) is 0 Å². The highest BCUT2D eigenvalue weighted by Crippen LogP contribution is 2.20. The van der Waals surface area contributed by atoms with Gasteiger partial charge < -0.3 is 15.5 Å². The molecule has 2 rings (SSSR count). The van der Waals surface area contributed by atoms with Crippen LogP contribution in [0.5, 0.6) is 0 Å². The van der Waals surface area contributed by atoms with Crippen LogP contribution in [-0.2, 0) is 0 Å². The molecule has 1 heterocycles. The summed E-state index contributed by atoms with van der Waals surface area (Å²) >= 11 is 0. The topological polar surface area (TPSA) is 68.3 Å². The molecule has 78 valence electrons. The van der Waals surface area contributed by atoms with Gasteiger partial charge in [-0.1, -0.05) is 12.1 Å². The van der Waals surface area contributed by atoms with Gasteiger partial charge in [0.25, 0.3) is 0 Å². The number of hydrogen-bond donors (Lipinski definition) is 2. The number of rotatable bonds is 3. The Kier molecular flexibility index (Phi) is 2.69. The maximum atomic E-state index is 11.2. The predicted octanol–water partition coefficient (Wildman–Crippen LogP) is 1.16. The minimum absolute atomic E-state index is 0.353. The van der Waals surface area contributed by atoms with Gasteiger partial charge in [0.2, 0.25) is 0 Å². The van der Waals surface area contributed by atoms with Crippen molar-refractivity contribution in [3.05, 3.63) is 40.8 Å². The fourth-order valence-corrected chi connectivity index (χ4v) is 1.46. The van der Waals surface area contributed by atoms with Gasteiger partial charge in [-0.25, -0.2) is 4.79 Å². The summed E-state index contributed by atoms with van der Waals surface area (Å²) in [6.07, 6.45) is 0. The molecular formula is C11H12N2O2. The number of benzene rings is 1. The molecule has 1 aromatic carbocycles. The third-order valence-corrected chi connectivity index (χ3v) is 2.11. The van der Waals surface area contributed by atoms with Gasteiger partial charge in [-0.05, 0) is 12.1 Å². The summed E-state index contributed by atoms with van der Waals surface area (Å²) in [6, 6.07) is 8.84. The maximum Gasteiger partial charge on any atom is 0.338 e. The van der Waals surface area contributed by atoms with E-state index in [0.717, 1.165) is 11.1 Å². The zero-order valence-electron chi connectivity index (χ0n) is 8.19. The molecule has 4 heteroatoms. The number of para-hydroxylation sites is 1. The number of nitrogens with one attached hydrogen (secondary N) is 1. The molecule has 0 amide bonds. The summed E-state index contributed by atoms with van der Waals surface area (Å²) in [5.41, 5.74) is 6.40. The van der Waals surface area contributed by atoms with Crippen molar-refractivity contribution in [1.82, 2.24) is 0 Å². The standard InChI is InChI=1S/C11H12N2O2/c12-5-6-13-9-7-11(14)15-10-4-2-1-3-8(9)10/h1-4,7,13H,5-6,12H2. The van der Waals surface area contributed by atoms with E-state index in [0.29, 0.717) is 18.7 Å². The van der Waals surface area contributed by atoms with Gasteiger partial charge in [0, 0.05) is 24.5 Å². The molecule has 0 aliphatic carbocycles. The highest BCUT2D eigenvalue weighted by atomic mass is 16.4. The van der Waals surface area contributed by atoms with Crippen molar-refractivity contribution in [2.24, 2.45) is 5.73 Å². The van der Waals surface area contributed by atoms with E-state index in [1.807, 2.05) is 18.2 Å². The first-order valence-corrected chi connectivity index (χ1v) is 4.78. The molecule has 0 fully saturated rings. The van der Waals surface area contributed by atoms with E-state index in [4.69, 9.17) is 10.2 Å². The number of nitrogens with two attached hydrogens (primary N) is 1. The lowest BCUT2D eigenvalue weighted by molar-refractivity contribution is 0.561. The monoisotopic (exact) mass is 204 g/mol. The Morgan fingerprint density at radius 1 is 1.33 bits per heavy atom. The lowest BCUT2D eigenvalue weighted by Gasteiger charge is -2.06. The first-order valence-electron chi connectivity index (χ1n) is 4.78. The fourth-order valence-electron chi connectivity index (χ4n) is 1.46. The second kappa shape index (κ2) is 4.14. The van der Waals surface area contributed by atoms with Gasteiger partial charge in [-0.3, -0.25) is 0 Å². The average Bonchev–Trinajstić information content (AvgIpc) is 2.25. The van der Waals surface area contributed by atoms with Crippen molar-refractivity contribution in [3.63, 3.8) is 0 Å². The summed E-state index contributed by atoms with van der Waals surface area (Å²) in [4.78, 5) is 11.2. The molecule has 0 saturated heterocycles. The Balaban J connectivity index is 2.55. The third kappa shape index (κ3) is 1.99. The second-order valence-electron chi connectivity index (χ2n) is 3.19. The van der Waals surface area contributed by atoms with Crippen molar-refractivity contribution < 1.29 is 4.42 Å². The van der Waals surface area contributed by atoms with Gasteiger partial charge in [0.1, 0.15) is 5.58 Å². The van der Waals surface area contributed by atoms with E-state index in [1.165, 1.54) is 6.07 Å². The molecule has 4 nitrogen and oxygen atoms in total. The third-order valence-electron chi connectivity index (χ3n) is 2.11. The predicted molar refractivity (Wildman–Crippen MR) is 60.0 cm³/mol. The minimum Gasteiger partial charge on any atom is -0.423 e. The van der Waals surface area contributed by atoms with Crippen LogP contribution < -0.4 is 16.7 Å². The maximum absolute atomic E-state index is 11.2. The Labute approximate surface area is 86.7 Å². The quantitative estimate of drug-likeness (QED) is 0.736. The van der Waals surface area contributed by atoms with E-state index in [-0.39, 0.29) is 5.63 Å². The summed E-state index contributed by atoms with van der Waals surface area (Å²) < 4.78 is 5.06. The molecule has 0 radical (unpaired) electrons. The van der Waals surface area contributed by atoms with Gasteiger partial charge in [-0.15, -0.1) is 0 Å². The minimum atomic E-state index is -0.353. The normalized spacial score (nSPS) is 10.5. The van der Waals surface area contributed by atoms with E-state index >= 15 is 0 Å². The van der Waals surface area contributed by atoms with Crippen molar-refractivity contribution in [2.75, 3.05) is 18.4 Å². The highest BCUT2D eigenvalue weighted by molar-refractivity contribution is 5.89. The average molecular weight is 204 g/mol. The van der Waals surface area contributed by atoms with Crippen molar-refractivity contribution in [1.29, 1.82) is 0 Å². The van der Waals surface area contributed by atoms with E-state index in [2.05, 4.69) is 5.32 Å². The molecule has 0 unspecified atom stereocenters. The Hall–Kier alpha value is -1.81. The molecule has 15 heavy (non-hydrogen) atoms. The highest BCUT2D eigenvalue weighted by Gasteiger charge is 2.03. The fraction of sp³-hybridized carbons (Fsp3) is 0.182. The van der Waals surface area contributed by atoms with Crippen LogP contribution >= 0.6 is 0 Å². The largest absolute Gasteiger partial charge is 0.423 e. The molecule has 0 bridgehead atoms. The van der Waals surface area contributed by atoms with Gasteiger partial charge in [0.15, 0.2) is 0 Å².